The Hall–Kier alpha value is -3.85. The summed E-state index contributed by atoms with van der Waals surface area (Å²) >= 11 is 0. The molecule has 5 rings (SSSR count). The van der Waals surface area contributed by atoms with Gasteiger partial charge in [-0.1, -0.05) is 0 Å². The fourth-order valence-electron chi connectivity index (χ4n) is 4.77. The first kappa shape index (κ1) is 22.0. The maximum atomic E-state index is 13.3. The average Bonchev–Trinajstić information content (AvgIpc) is 3.42. The molecule has 0 bridgehead atoms. The van der Waals surface area contributed by atoms with Crippen LogP contribution in [0.25, 0.3) is 11.3 Å². The molecule has 3 heterocycles. The third-order valence-corrected chi connectivity index (χ3v) is 6.40. The maximum Gasteiger partial charge on any atom is 0.323 e. The fraction of sp³-hybridized carbons (Fsp3) is 0.320. The lowest BCUT2D eigenvalue weighted by atomic mass is 9.94. The smallest absolute Gasteiger partial charge is 0.323 e. The number of fused-ring (bicyclic) bond motifs is 2. The highest BCUT2D eigenvalue weighted by molar-refractivity contribution is 6.37. The van der Waals surface area contributed by atoms with Gasteiger partial charge in [-0.25, -0.2) is 0 Å². The first-order chi connectivity index (χ1) is 16.4. The Bertz CT molecular complexity index is 1220. The second-order valence-corrected chi connectivity index (χ2v) is 8.57. The summed E-state index contributed by atoms with van der Waals surface area (Å²) in [6.07, 6.45) is 1.47. The van der Waals surface area contributed by atoms with Gasteiger partial charge >= 0.3 is 5.97 Å². The summed E-state index contributed by atoms with van der Waals surface area (Å²) in [5.41, 5.74) is 3.14. The van der Waals surface area contributed by atoms with E-state index in [1.807, 2.05) is 11.0 Å². The molecule has 34 heavy (non-hydrogen) atoms. The molecule has 1 amide bonds. The SMILES string of the molecule is CC(=O)c1ccc2c(c1)/C(=C(\c1ccc3c(c1)OCO3)N(CC(=O)O)C1CCNCC1)C(=O)N2. The van der Waals surface area contributed by atoms with E-state index in [-0.39, 0.29) is 31.1 Å². The number of hydrogen-bond acceptors (Lipinski definition) is 7. The first-order valence-electron chi connectivity index (χ1n) is 11.2. The number of hydrogen-bond donors (Lipinski definition) is 3. The molecule has 3 aliphatic rings. The van der Waals surface area contributed by atoms with E-state index in [4.69, 9.17) is 9.47 Å². The number of benzene rings is 2. The predicted octanol–water partition coefficient (Wildman–Crippen LogP) is 2.58. The van der Waals surface area contributed by atoms with Crippen molar-refractivity contribution in [3.05, 3.63) is 53.1 Å². The number of ether oxygens (including phenoxy) is 2. The van der Waals surface area contributed by atoms with Gasteiger partial charge in [-0.2, -0.15) is 0 Å². The highest BCUT2D eigenvalue weighted by atomic mass is 16.7. The molecule has 1 saturated heterocycles. The van der Waals surface area contributed by atoms with Crippen LogP contribution in [0.4, 0.5) is 5.69 Å². The Morgan fingerprint density at radius 3 is 2.53 bits per heavy atom. The van der Waals surface area contributed by atoms with E-state index in [1.165, 1.54) is 6.92 Å². The number of Topliss-reactive ketones (excluding diaryl/α,β-unsaturated/α-hetero) is 1. The number of anilines is 1. The van der Waals surface area contributed by atoms with Gasteiger partial charge in [-0.3, -0.25) is 14.4 Å². The number of piperidine rings is 1. The largest absolute Gasteiger partial charge is 0.480 e. The lowest BCUT2D eigenvalue weighted by Crippen LogP contribution is -2.44. The van der Waals surface area contributed by atoms with Gasteiger partial charge in [0.05, 0.1) is 11.3 Å². The molecule has 176 valence electrons. The zero-order valence-electron chi connectivity index (χ0n) is 18.7. The van der Waals surface area contributed by atoms with Crippen molar-refractivity contribution in [2.24, 2.45) is 0 Å². The van der Waals surface area contributed by atoms with Gasteiger partial charge in [0, 0.05) is 28.4 Å². The van der Waals surface area contributed by atoms with E-state index in [9.17, 15) is 19.5 Å². The number of amides is 1. The van der Waals surface area contributed by atoms with Crippen molar-refractivity contribution in [3.63, 3.8) is 0 Å². The van der Waals surface area contributed by atoms with Crippen molar-refractivity contribution in [1.29, 1.82) is 0 Å². The number of aliphatic carboxylic acids is 1. The van der Waals surface area contributed by atoms with Crippen molar-refractivity contribution in [3.8, 4) is 11.5 Å². The number of ketones is 1. The third kappa shape index (κ3) is 3.99. The summed E-state index contributed by atoms with van der Waals surface area (Å²) in [5.74, 6) is -0.324. The van der Waals surface area contributed by atoms with Crippen molar-refractivity contribution >= 4 is 34.6 Å². The lowest BCUT2D eigenvalue weighted by molar-refractivity contribution is -0.138. The summed E-state index contributed by atoms with van der Waals surface area (Å²) in [6, 6.07) is 10.3. The predicted molar refractivity (Wildman–Crippen MR) is 125 cm³/mol. The summed E-state index contributed by atoms with van der Waals surface area (Å²) in [7, 11) is 0. The van der Waals surface area contributed by atoms with Crippen LogP contribution in [0.3, 0.4) is 0 Å². The van der Waals surface area contributed by atoms with E-state index in [0.717, 1.165) is 25.9 Å². The van der Waals surface area contributed by atoms with Crippen LogP contribution in [0, 0.1) is 0 Å². The Morgan fingerprint density at radius 2 is 1.79 bits per heavy atom. The van der Waals surface area contributed by atoms with Crippen LogP contribution in [0.1, 0.15) is 41.3 Å². The van der Waals surface area contributed by atoms with Crippen molar-refractivity contribution < 1.29 is 29.0 Å². The molecular weight excluding hydrogens is 438 g/mol. The van der Waals surface area contributed by atoms with E-state index < -0.39 is 5.97 Å². The van der Waals surface area contributed by atoms with Crippen molar-refractivity contribution in [2.45, 2.75) is 25.8 Å². The molecule has 2 aromatic rings. The number of carboxylic acids is 1. The molecule has 0 spiro atoms. The molecule has 1 fully saturated rings. The van der Waals surface area contributed by atoms with Gasteiger partial charge in [-0.15, -0.1) is 0 Å². The molecule has 9 heteroatoms. The van der Waals surface area contributed by atoms with Crippen LogP contribution < -0.4 is 20.1 Å². The molecule has 0 unspecified atom stereocenters. The Labute approximate surface area is 196 Å². The number of carbonyl (C=O) groups is 3. The van der Waals surface area contributed by atoms with Crippen LogP contribution >= 0.6 is 0 Å². The Morgan fingerprint density at radius 1 is 1.06 bits per heavy atom. The minimum Gasteiger partial charge on any atom is -0.480 e. The average molecular weight is 463 g/mol. The van der Waals surface area contributed by atoms with Crippen LogP contribution in [-0.4, -0.2) is 60.1 Å². The monoisotopic (exact) mass is 463 g/mol. The van der Waals surface area contributed by atoms with Crippen LogP contribution in [-0.2, 0) is 9.59 Å². The van der Waals surface area contributed by atoms with E-state index >= 15 is 0 Å². The van der Waals surface area contributed by atoms with Gasteiger partial charge in [-0.05, 0) is 69.3 Å². The molecule has 0 aromatic heterocycles. The number of rotatable bonds is 6. The second kappa shape index (κ2) is 8.83. The highest BCUT2D eigenvalue weighted by Crippen LogP contribution is 2.43. The normalized spacial score (nSPS) is 18.3. The molecule has 0 atom stereocenters. The molecule has 0 radical (unpaired) electrons. The number of carbonyl (C=O) groups excluding carboxylic acids is 2. The molecule has 2 aromatic carbocycles. The summed E-state index contributed by atoms with van der Waals surface area (Å²) in [6.45, 7) is 2.81. The molecule has 0 saturated carbocycles. The molecule has 3 aliphatic heterocycles. The number of carboxylic acid groups (broad SMARTS) is 1. The number of nitrogens with one attached hydrogen (secondary N) is 2. The minimum absolute atomic E-state index is 0.0851. The van der Waals surface area contributed by atoms with Gasteiger partial charge in [0.15, 0.2) is 17.3 Å². The van der Waals surface area contributed by atoms with Gasteiger partial charge in [0.2, 0.25) is 6.79 Å². The van der Waals surface area contributed by atoms with Crippen LogP contribution in [0.5, 0.6) is 11.5 Å². The van der Waals surface area contributed by atoms with Gasteiger partial charge in [0.25, 0.3) is 5.91 Å². The lowest BCUT2D eigenvalue weighted by Gasteiger charge is -2.37. The molecule has 3 N–H and O–H groups in total. The summed E-state index contributed by atoms with van der Waals surface area (Å²) in [5, 5.41) is 16.0. The topological polar surface area (TPSA) is 117 Å². The fourth-order valence-corrected chi connectivity index (χ4v) is 4.77. The molecular formula is C25H25N3O6. The zero-order valence-corrected chi connectivity index (χ0v) is 18.7. The zero-order chi connectivity index (χ0) is 23.8. The van der Waals surface area contributed by atoms with E-state index in [0.29, 0.717) is 45.1 Å². The number of nitrogens with zero attached hydrogens (tertiary/aromatic N) is 1. The third-order valence-electron chi connectivity index (χ3n) is 6.40. The highest BCUT2D eigenvalue weighted by Gasteiger charge is 2.35. The minimum atomic E-state index is -0.992. The van der Waals surface area contributed by atoms with E-state index in [2.05, 4.69) is 10.6 Å². The van der Waals surface area contributed by atoms with Gasteiger partial charge in [0.1, 0.15) is 6.54 Å². The quantitative estimate of drug-likeness (QED) is 0.442. The summed E-state index contributed by atoms with van der Waals surface area (Å²) < 4.78 is 11.0. The van der Waals surface area contributed by atoms with Gasteiger partial charge < -0.3 is 30.1 Å². The Kier molecular flexibility index (Phi) is 5.70. The van der Waals surface area contributed by atoms with E-state index in [1.54, 1.807) is 30.3 Å². The van der Waals surface area contributed by atoms with Crippen LogP contribution in [0.2, 0.25) is 0 Å². The summed E-state index contributed by atoms with van der Waals surface area (Å²) in [4.78, 5) is 39.2. The maximum absolute atomic E-state index is 13.3. The molecule has 0 aliphatic carbocycles. The van der Waals surface area contributed by atoms with Crippen molar-refractivity contribution in [2.75, 3.05) is 31.7 Å². The second-order valence-electron chi connectivity index (χ2n) is 8.57. The Balaban J connectivity index is 1.75. The molecule has 9 nitrogen and oxygen atoms in total. The first-order valence-corrected chi connectivity index (χ1v) is 11.2. The standard InChI is InChI=1S/C25H25N3O6/c1-14(29)15-2-4-19-18(10-15)23(25(32)27-19)24(16-3-5-20-21(11-16)34-13-33-20)28(12-22(30)31)17-6-8-26-9-7-17/h2-5,10-11,17,26H,6-9,12-13H2,1H3,(H,27,32)(H,30,31)/b24-23-. The van der Waals surface area contributed by atoms with Crippen LogP contribution in [0.15, 0.2) is 36.4 Å². The van der Waals surface area contributed by atoms with Crippen molar-refractivity contribution in [1.82, 2.24) is 10.2 Å².